The fourth-order valence-electron chi connectivity index (χ4n) is 3.35. The van der Waals surface area contributed by atoms with Gasteiger partial charge in [0.05, 0.1) is 22.9 Å². The average Bonchev–Trinajstić information content (AvgIpc) is 3.48. The normalized spacial score (nSPS) is 11.1. The second kappa shape index (κ2) is 10.6. The van der Waals surface area contributed by atoms with Crippen LogP contribution in [0.1, 0.15) is 36.5 Å². The molecule has 2 heterocycles. The smallest absolute Gasteiger partial charge is 0.260 e. The van der Waals surface area contributed by atoms with Crippen molar-refractivity contribution in [2.75, 3.05) is 18.1 Å². The van der Waals surface area contributed by atoms with E-state index < -0.39 is 0 Å². The molecule has 0 spiro atoms. The van der Waals surface area contributed by atoms with Gasteiger partial charge in [0.15, 0.2) is 5.13 Å². The number of carbonyl (C=O) groups excluding carboxylic acids is 1. The number of hydrogen-bond acceptors (Lipinski definition) is 5. The maximum absolute atomic E-state index is 13.6. The lowest BCUT2D eigenvalue weighted by atomic mass is 10.2. The van der Waals surface area contributed by atoms with Crippen molar-refractivity contribution in [3.05, 3.63) is 71.5 Å². The number of para-hydroxylation sites is 1. The summed E-state index contributed by atoms with van der Waals surface area (Å²) < 4.78 is 8.59. The van der Waals surface area contributed by atoms with Gasteiger partial charge in [0.2, 0.25) is 0 Å². The van der Waals surface area contributed by atoms with Crippen molar-refractivity contribution in [1.29, 1.82) is 0 Å². The minimum Gasteiger partial charge on any atom is -0.494 e. The van der Waals surface area contributed by atoms with Crippen LogP contribution in [0.3, 0.4) is 0 Å². The third-order valence-corrected chi connectivity index (χ3v) is 6.39. The molecule has 4 aromatic rings. The van der Waals surface area contributed by atoms with E-state index in [1.165, 1.54) is 11.3 Å². The highest BCUT2D eigenvalue weighted by atomic mass is 35.5. The van der Waals surface area contributed by atoms with Gasteiger partial charge in [-0.25, -0.2) is 4.98 Å². The summed E-state index contributed by atoms with van der Waals surface area (Å²) in [5, 5.41) is 5.44. The van der Waals surface area contributed by atoms with Crippen molar-refractivity contribution in [2.24, 2.45) is 0 Å². The van der Waals surface area contributed by atoms with E-state index in [1.807, 2.05) is 48.7 Å². The van der Waals surface area contributed by atoms with Crippen LogP contribution in [0.15, 0.2) is 60.9 Å². The number of ether oxygens (including phenoxy) is 1. The Bertz CT molecular complexity index is 1180. The van der Waals surface area contributed by atoms with Crippen LogP contribution in [0.4, 0.5) is 5.13 Å². The number of carbonyl (C=O) groups is 1. The van der Waals surface area contributed by atoms with E-state index in [4.69, 9.17) is 16.3 Å². The van der Waals surface area contributed by atoms with Gasteiger partial charge in [0.25, 0.3) is 5.91 Å². The number of hydrogen-bond donors (Lipinski definition) is 0. The number of thiazole rings is 1. The van der Waals surface area contributed by atoms with Crippen molar-refractivity contribution in [2.45, 2.75) is 32.7 Å². The molecular formula is C24H25ClN4O2S. The van der Waals surface area contributed by atoms with Crippen molar-refractivity contribution in [1.82, 2.24) is 14.8 Å². The lowest BCUT2D eigenvalue weighted by Crippen LogP contribution is -2.34. The monoisotopic (exact) mass is 468 g/mol. The topological polar surface area (TPSA) is 60.2 Å². The molecule has 0 fully saturated rings. The van der Waals surface area contributed by atoms with E-state index in [2.05, 4.69) is 17.0 Å². The predicted molar refractivity (Wildman–Crippen MR) is 130 cm³/mol. The third kappa shape index (κ3) is 5.29. The molecule has 0 aliphatic rings. The van der Waals surface area contributed by atoms with Crippen LogP contribution < -0.4 is 9.64 Å². The lowest BCUT2D eigenvalue weighted by molar-refractivity contribution is 0.0985. The Morgan fingerprint density at radius 1 is 1.19 bits per heavy atom. The van der Waals surface area contributed by atoms with Gasteiger partial charge in [0, 0.05) is 24.5 Å². The van der Waals surface area contributed by atoms with Crippen molar-refractivity contribution < 1.29 is 9.53 Å². The van der Waals surface area contributed by atoms with Gasteiger partial charge >= 0.3 is 0 Å². The largest absolute Gasteiger partial charge is 0.494 e. The van der Waals surface area contributed by atoms with Crippen LogP contribution >= 0.6 is 22.9 Å². The van der Waals surface area contributed by atoms with Gasteiger partial charge in [-0.3, -0.25) is 14.4 Å². The molecular weight excluding hydrogens is 444 g/mol. The summed E-state index contributed by atoms with van der Waals surface area (Å²) in [6.45, 7) is 3.78. The molecule has 6 nitrogen and oxygen atoms in total. The number of halogens is 1. The Kier molecular flexibility index (Phi) is 7.39. The van der Waals surface area contributed by atoms with Crippen LogP contribution in [0.2, 0.25) is 5.02 Å². The van der Waals surface area contributed by atoms with Gasteiger partial charge in [-0.05, 0) is 42.8 Å². The first-order valence-corrected chi connectivity index (χ1v) is 11.9. The molecule has 8 heteroatoms. The molecule has 0 aliphatic carbocycles. The zero-order chi connectivity index (χ0) is 22.3. The van der Waals surface area contributed by atoms with E-state index in [1.54, 1.807) is 21.8 Å². The molecule has 0 aliphatic heterocycles. The molecule has 0 radical (unpaired) electrons. The molecule has 2 aromatic heterocycles. The highest BCUT2D eigenvalue weighted by Gasteiger charge is 2.22. The summed E-state index contributed by atoms with van der Waals surface area (Å²) in [6.07, 6.45) is 6.86. The molecule has 2 aromatic carbocycles. The second-order valence-electron chi connectivity index (χ2n) is 7.39. The van der Waals surface area contributed by atoms with Crippen LogP contribution in [0, 0.1) is 0 Å². The number of rotatable bonds is 10. The first kappa shape index (κ1) is 22.3. The molecule has 0 saturated carbocycles. The summed E-state index contributed by atoms with van der Waals surface area (Å²) in [4.78, 5) is 19.9. The number of unbranched alkanes of at least 4 members (excludes halogenated alkanes) is 2. The van der Waals surface area contributed by atoms with Gasteiger partial charge in [-0.1, -0.05) is 54.8 Å². The Balaban J connectivity index is 1.60. The van der Waals surface area contributed by atoms with E-state index in [9.17, 15) is 4.79 Å². The summed E-state index contributed by atoms with van der Waals surface area (Å²) in [5.41, 5.74) is 1.27. The van der Waals surface area contributed by atoms with Gasteiger partial charge < -0.3 is 4.74 Å². The van der Waals surface area contributed by atoms with Gasteiger partial charge in [-0.2, -0.15) is 5.10 Å². The van der Waals surface area contributed by atoms with Crippen molar-refractivity contribution in [3.63, 3.8) is 0 Å². The zero-order valence-electron chi connectivity index (χ0n) is 17.9. The molecule has 4 rings (SSSR count). The molecule has 1 amide bonds. The maximum atomic E-state index is 13.6. The van der Waals surface area contributed by atoms with E-state index in [0.717, 1.165) is 24.0 Å². The van der Waals surface area contributed by atoms with Crippen molar-refractivity contribution >= 4 is 44.2 Å². The fourth-order valence-corrected chi connectivity index (χ4v) is 4.64. The first-order valence-electron chi connectivity index (χ1n) is 10.7. The Morgan fingerprint density at radius 3 is 2.84 bits per heavy atom. The molecule has 0 N–H and O–H groups in total. The summed E-state index contributed by atoms with van der Waals surface area (Å²) in [7, 11) is 0. The van der Waals surface area contributed by atoms with Crippen LogP contribution in [0.5, 0.6) is 5.75 Å². The zero-order valence-corrected chi connectivity index (χ0v) is 19.5. The lowest BCUT2D eigenvalue weighted by Gasteiger charge is -2.20. The van der Waals surface area contributed by atoms with E-state index in [-0.39, 0.29) is 5.91 Å². The standard InChI is InChI=1S/C24H25ClN4O2S/c1-2-3-4-16-31-19-9-5-8-18(17-19)23(30)29(15-14-28-13-7-12-26-28)24-27-22-20(25)10-6-11-21(22)32-24/h5-13,17H,2-4,14-16H2,1H3. The minimum absolute atomic E-state index is 0.133. The molecule has 0 atom stereocenters. The van der Waals surface area contributed by atoms with Gasteiger partial charge in [0.1, 0.15) is 11.3 Å². The summed E-state index contributed by atoms with van der Waals surface area (Å²) >= 11 is 7.78. The summed E-state index contributed by atoms with van der Waals surface area (Å²) in [6, 6.07) is 14.9. The maximum Gasteiger partial charge on any atom is 0.260 e. The van der Waals surface area contributed by atoms with Crippen LogP contribution in [-0.4, -0.2) is 33.8 Å². The Morgan fingerprint density at radius 2 is 2.06 bits per heavy atom. The number of amides is 1. The highest BCUT2D eigenvalue weighted by molar-refractivity contribution is 7.22. The molecule has 166 valence electrons. The molecule has 0 unspecified atom stereocenters. The number of benzene rings is 2. The molecule has 32 heavy (non-hydrogen) atoms. The summed E-state index contributed by atoms with van der Waals surface area (Å²) in [5.74, 6) is 0.567. The first-order chi connectivity index (χ1) is 15.7. The predicted octanol–water partition coefficient (Wildman–Crippen LogP) is 6.06. The minimum atomic E-state index is -0.133. The molecule has 0 bridgehead atoms. The van der Waals surface area contributed by atoms with Crippen LogP contribution in [0.25, 0.3) is 10.2 Å². The number of aromatic nitrogens is 3. The van der Waals surface area contributed by atoms with E-state index >= 15 is 0 Å². The van der Waals surface area contributed by atoms with E-state index in [0.29, 0.717) is 46.7 Å². The Labute approximate surface area is 196 Å². The Hall–Kier alpha value is -2.90. The number of anilines is 1. The van der Waals surface area contributed by atoms with Gasteiger partial charge in [-0.15, -0.1) is 0 Å². The SMILES string of the molecule is CCCCCOc1cccc(C(=O)N(CCn2cccn2)c2nc3c(Cl)cccc3s2)c1. The quantitative estimate of drug-likeness (QED) is 0.265. The highest BCUT2D eigenvalue weighted by Crippen LogP contribution is 2.33. The fraction of sp³-hybridized carbons (Fsp3) is 0.292. The van der Waals surface area contributed by atoms with Crippen molar-refractivity contribution in [3.8, 4) is 5.75 Å². The molecule has 0 saturated heterocycles. The third-order valence-electron chi connectivity index (χ3n) is 5.04. The van der Waals surface area contributed by atoms with Crippen LogP contribution in [-0.2, 0) is 6.54 Å². The number of fused-ring (bicyclic) bond motifs is 1. The second-order valence-corrected chi connectivity index (χ2v) is 8.81. The number of nitrogens with zero attached hydrogens (tertiary/aromatic N) is 4. The average molecular weight is 469 g/mol.